The van der Waals surface area contributed by atoms with Gasteiger partial charge in [-0.15, -0.1) is 22.7 Å². The molecule has 0 aliphatic carbocycles. The van der Waals surface area contributed by atoms with Gasteiger partial charge in [-0.1, -0.05) is 109 Å². The fourth-order valence-corrected chi connectivity index (χ4v) is 8.22. The summed E-state index contributed by atoms with van der Waals surface area (Å²) in [6, 6.07) is 44.5. The summed E-state index contributed by atoms with van der Waals surface area (Å²) in [4.78, 5) is 19.5. The van der Waals surface area contributed by atoms with Crippen LogP contribution >= 0.6 is 22.7 Å². The molecule has 0 saturated heterocycles. The van der Waals surface area contributed by atoms with Crippen molar-refractivity contribution in [2.24, 2.45) is 0 Å². The quantitative estimate of drug-likeness (QED) is 0.202. The summed E-state index contributed by atoms with van der Waals surface area (Å²) in [6.07, 6.45) is 1.68. The van der Waals surface area contributed by atoms with E-state index < -0.39 is 0 Å². The van der Waals surface area contributed by atoms with Crippen molar-refractivity contribution in [2.75, 3.05) is 0 Å². The molecule has 4 aromatic heterocycles. The molecule has 9 rings (SSSR count). The first-order chi connectivity index (χ1) is 21.8. The molecule has 6 heteroatoms. The lowest BCUT2D eigenvalue weighted by Crippen LogP contribution is -1.93. The SMILES string of the molecule is c1ccc(-c2nc(-c3ccc(-c4cccc(-c5ncnc6c5sc5ccccc56)c4)cc3)c3sc4ccccc4c3n2)cc1. The molecule has 0 N–H and O–H groups in total. The molecule has 0 spiro atoms. The number of fused-ring (bicyclic) bond motifs is 6. The van der Waals surface area contributed by atoms with Gasteiger partial charge in [-0.25, -0.2) is 19.9 Å². The number of thiophene rings is 2. The molecule has 0 aliphatic rings. The zero-order chi connectivity index (χ0) is 29.0. The third kappa shape index (κ3) is 4.11. The third-order valence-corrected chi connectivity index (χ3v) is 10.4. The molecule has 0 bridgehead atoms. The van der Waals surface area contributed by atoms with E-state index in [0.29, 0.717) is 0 Å². The Morgan fingerprint density at radius 3 is 1.80 bits per heavy atom. The largest absolute Gasteiger partial charge is 0.235 e. The molecule has 0 radical (unpaired) electrons. The van der Waals surface area contributed by atoms with Gasteiger partial charge in [-0.05, 0) is 29.3 Å². The Labute approximate surface area is 261 Å². The molecule has 206 valence electrons. The number of hydrogen-bond acceptors (Lipinski definition) is 6. The molecule has 4 heterocycles. The highest BCUT2D eigenvalue weighted by Crippen LogP contribution is 2.41. The molecular weight excluding hydrogens is 577 g/mol. The first-order valence-electron chi connectivity index (χ1n) is 14.4. The normalized spacial score (nSPS) is 11.6. The number of hydrogen-bond donors (Lipinski definition) is 0. The topological polar surface area (TPSA) is 51.6 Å². The number of nitrogens with zero attached hydrogens (tertiary/aromatic N) is 4. The summed E-state index contributed by atoms with van der Waals surface area (Å²) in [5.74, 6) is 0.742. The standard InChI is InChI=1S/C38H22N4S2/c1-2-9-25(10-3-1)38-41-33(37-35(42-38)29-14-5-7-16-31(29)44-37)24-19-17-23(18-20-24)26-11-8-12-27(21-26)32-36-34(40-22-39-32)28-13-4-6-15-30(28)43-36/h1-22H. The molecule has 5 aromatic carbocycles. The highest BCUT2D eigenvalue weighted by molar-refractivity contribution is 7.26. The van der Waals surface area contributed by atoms with Gasteiger partial charge < -0.3 is 0 Å². The van der Waals surface area contributed by atoms with E-state index in [1.54, 1.807) is 29.0 Å². The molecule has 0 saturated carbocycles. The van der Waals surface area contributed by atoms with E-state index in [2.05, 4.69) is 114 Å². The molecule has 9 aromatic rings. The molecule has 4 nitrogen and oxygen atoms in total. The summed E-state index contributed by atoms with van der Waals surface area (Å²) in [5, 5.41) is 2.34. The van der Waals surface area contributed by atoms with Gasteiger partial charge in [-0.3, -0.25) is 0 Å². The van der Waals surface area contributed by atoms with Crippen LogP contribution in [-0.4, -0.2) is 19.9 Å². The van der Waals surface area contributed by atoms with Crippen LogP contribution in [0.3, 0.4) is 0 Å². The zero-order valence-corrected chi connectivity index (χ0v) is 24.9. The minimum absolute atomic E-state index is 0.742. The maximum absolute atomic E-state index is 5.13. The van der Waals surface area contributed by atoms with Crippen LogP contribution < -0.4 is 0 Å². The van der Waals surface area contributed by atoms with Gasteiger partial charge in [0.15, 0.2) is 5.82 Å². The van der Waals surface area contributed by atoms with Crippen molar-refractivity contribution in [3.8, 4) is 45.0 Å². The van der Waals surface area contributed by atoms with Crippen molar-refractivity contribution >= 4 is 63.3 Å². The molecule has 0 fully saturated rings. The highest BCUT2D eigenvalue weighted by Gasteiger charge is 2.17. The van der Waals surface area contributed by atoms with Gasteiger partial charge in [0.2, 0.25) is 0 Å². The van der Waals surface area contributed by atoms with Gasteiger partial charge in [-0.2, -0.15) is 0 Å². The van der Waals surface area contributed by atoms with Crippen LogP contribution in [0.1, 0.15) is 0 Å². The van der Waals surface area contributed by atoms with Crippen LogP contribution in [0.25, 0.3) is 85.6 Å². The van der Waals surface area contributed by atoms with E-state index in [9.17, 15) is 0 Å². The van der Waals surface area contributed by atoms with Crippen LogP contribution in [0, 0.1) is 0 Å². The lowest BCUT2D eigenvalue weighted by atomic mass is 9.99. The second kappa shape index (κ2) is 10.2. The Hall–Kier alpha value is -5.30. The lowest BCUT2D eigenvalue weighted by Gasteiger charge is -2.09. The maximum Gasteiger partial charge on any atom is 0.160 e. The Morgan fingerprint density at radius 1 is 0.409 bits per heavy atom. The van der Waals surface area contributed by atoms with Crippen LogP contribution in [0.2, 0.25) is 0 Å². The number of rotatable bonds is 4. The smallest absolute Gasteiger partial charge is 0.160 e. The third-order valence-electron chi connectivity index (χ3n) is 8.04. The molecule has 0 unspecified atom stereocenters. The molecule has 0 atom stereocenters. The Morgan fingerprint density at radius 2 is 1.02 bits per heavy atom. The summed E-state index contributed by atoms with van der Waals surface area (Å²) < 4.78 is 4.67. The molecule has 44 heavy (non-hydrogen) atoms. The molecule has 0 aliphatic heterocycles. The van der Waals surface area contributed by atoms with E-state index in [1.165, 1.54) is 20.2 Å². The van der Waals surface area contributed by atoms with Crippen LogP contribution in [-0.2, 0) is 0 Å². The van der Waals surface area contributed by atoms with Crippen LogP contribution in [0.5, 0.6) is 0 Å². The molecule has 0 amide bonds. The molecular formula is C38H22N4S2. The van der Waals surface area contributed by atoms with Gasteiger partial charge in [0.05, 0.1) is 31.8 Å². The lowest BCUT2D eigenvalue weighted by molar-refractivity contribution is 1.24. The first kappa shape index (κ1) is 25.2. The van der Waals surface area contributed by atoms with Gasteiger partial charge in [0, 0.05) is 36.9 Å². The summed E-state index contributed by atoms with van der Waals surface area (Å²) in [7, 11) is 0. The summed E-state index contributed by atoms with van der Waals surface area (Å²) >= 11 is 3.50. The Kier molecular flexibility index (Phi) is 5.82. The fraction of sp³-hybridized carbons (Fsp3) is 0. The minimum Gasteiger partial charge on any atom is -0.235 e. The average molecular weight is 599 g/mol. The van der Waals surface area contributed by atoms with E-state index in [0.717, 1.165) is 65.5 Å². The highest BCUT2D eigenvalue weighted by atomic mass is 32.1. The summed E-state index contributed by atoms with van der Waals surface area (Å²) in [5.41, 5.74) is 9.39. The van der Waals surface area contributed by atoms with E-state index in [-0.39, 0.29) is 0 Å². The Bertz CT molecular complexity index is 2500. The second-order valence-electron chi connectivity index (χ2n) is 10.7. The Balaban J connectivity index is 1.14. The fourth-order valence-electron chi connectivity index (χ4n) is 5.90. The average Bonchev–Trinajstić information content (AvgIpc) is 3.67. The second-order valence-corrected chi connectivity index (χ2v) is 12.8. The van der Waals surface area contributed by atoms with E-state index in [1.807, 2.05) is 18.2 Å². The van der Waals surface area contributed by atoms with Gasteiger partial charge in [0.25, 0.3) is 0 Å². The maximum atomic E-state index is 5.13. The first-order valence-corrected chi connectivity index (χ1v) is 16.0. The van der Waals surface area contributed by atoms with Crippen molar-refractivity contribution in [3.05, 3.63) is 134 Å². The van der Waals surface area contributed by atoms with Crippen molar-refractivity contribution in [1.82, 2.24) is 19.9 Å². The minimum atomic E-state index is 0.742. The number of benzene rings is 5. The zero-order valence-electron chi connectivity index (χ0n) is 23.3. The number of aromatic nitrogens is 4. The van der Waals surface area contributed by atoms with Crippen LogP contribution in [0.4, 0.5) is 0 Å². The van der Waals surface area contributed by atoms with Crippen molar-refractivity contribution in [3.63, 3.8) is 0 Å². The summed E-state index contributed by atoms with van der Waals surface area (Å²) in [6.45, 7) is 0. The van der Waals surface area contributed by atoms with E-state index >= 15 is 0 Å². The van der Waals surface area contributed by atoms with E-state index in [4.69, 9.17) is 15.0 Å². The monoisotopic (exact) mass is 598 g/mol. The van der Waals surface area contributed by atoms with Crippen molar-refractivity contribution in [2.45, 2.75) is 0 Å². The van der Waals surface area contributed by atoms with Gasteiger partial charge >= 0.3 is 0 Å². The van der Waals surface area contributed by atoms with Crippen molar-refractivity contribution < 1.29 is 0 Å². The predicted octanol–water partition coefficient (Wildman–Crippen LogP) is 10.7. The predicted molar refractivity (Wildman–Crippen MR) is 185 cm³/mol. The van der Waals surface area contributed by atoms with Gasteiger partial charge in [0.1, 0.15) is 6.33 Å². The van der Waals surface area contributed by atoms with Crippen molar-refractivity contribution in [1.29, 1.82) is 0 Å². The van der Waals surface area contributed by atoms with Crippen LogP contribution in [0.15, 0.2) is 134 Å².